The summed E-state index contributed by atoms with van der Waals surface area (Å²) in [6, 6.07) is 0.145. The highest BCUT2D eigenvalue weighted by molar-refractivity contribution is 5.97. The molecule has 9 nitrogen and oxygen atoms in total. The number of anilines is 2. The predicted octanol–water partition coefficient (Wildman–Crippen LogP) is 4.09. The Bertz CT molecular complexity index is 1620. The molecule has 2 bridgehead atoms. The second kappa shape index (κ2) is 9.20. The minimum Gasteiger partial charge on any atom is -0.472 e. The van der Waals surface area contributed by atoms with E-state index in [4.69, 9.17) is 19.9 Å². The molecule has 2 aromatic heterocycles. The summed E-state index contributed by atoms with van der Waals surface area (Å²) in [7, 11) is 0. The Labute approximate surface area is 235 Å². The highest BCUT2D eigenvalue weighted by Gasteiger charge is 2.48. The van der Waals surface area contributed by atoms with Crippen LogP contribution >= 0.6 is 0 Å². The third-order valence-electron chi connectivity index (χ3n) is 8.47. The maximum Gasteiger partial charge on any atom is 0.417 e. The summed E-state index contributed by atoms with van der Waals surface area (Å²) in [4.78, 5) is 14.9. The Morgan fingerprint density at radius 2 is 1.93 bits per heavy atom. The van der Waals surface area contributed by atoms with Gasteiger partial charge in [0.1, 0.15) is 40.9 Å². The van der Waals surface area contributed by atoms with E-state index in [1.165, 1.54) is 0 Å². The molecule has 3 N–H and O–H groups in total. The number of halogens is 6. The molecule has 0 amide bonds. The molecule has 3 aromatic rings. The van der Waals surface area contributed by atoms with Crippen LogP contribution in [0.3, 0.4) is 0 Å². The fourth-order valence-corrected chi connectivity index (χ4v) is 6.51. The van der Waals surface area contributed by atoms with Crippen molar-refractivity contribution in [3.05, 3.63) is 28.8 Å². The first-order chi connectivity index (χ1) is 19.8. The lowest BCUT2D eigenvalue weighted by molar-refractivity contribution is -0.146. The molecule has 6 heterocycles. The Morgan fingerprint density at radius 3 is 2.62 bits per heavy atom. The van der Waals surface area contributed by atoms with Gasteiger partial charge in [-0.2, -0.15) is 23.1 Å². The number of nitrogens with zero attached hydrogens (tertiary/aromatic N) is 4. The Morgan fingerprint density at radius 1 is 1.17 bits per heavy atom. The fraction of sp³-hybridized carbons (Fsp3) is 0.519. The van der Waals surface area contributed by atoms with Gasteiger partial charge in [0.15, 0.2) is 11.5 Å². The monoisotopic (exact) mass is 596 g/mol. The SMILES string of the molecule is Cc1c(F)c(N)cc(-c2nc3c4c(nc(OCC5(F)COC5)nc4c2F)N2C[C@H]4CC[C@H](N4)[C@H]2[C@H](C)O3)c1C(F)(F)F. The predicted molar refractivity (Wildman–Crippen MR) is 138 cm³/mol. The number of rotatable bonds is 4. The van der Waals surface area contributed by atoms with Gasteiger partial charge in [0.25, 0.3) is 0 Å². The number of nitrogens with two attached hydrogens (primary N) is 1. The van der Waals surface area contributed by atoms with E-state index >= 15 is 4.39 Å². The number of alkyl halides is 4. The van der Waals surface area contributed by atoms with Crippen molar-refractivity contribution in [3.8, 4) is 23.1 Å². The summed E-state index contributed by atoms with van der Waals surface area (Å²) in [5.41, 5.74) is -0.912. The van der Waals surface area contributed by atoms with Crippen LogP contribution in [0.25, 0.3) is 22.2 Å². The number of benzene rings is 1. The van der Waals surface area contributed by atoms with Gasteiger partial charge in [-0.3, -0.25) is 0 Å². The largest absolute Gasteiger partial charge is 0.472 e. The fourth-order valence-electron chi connectivity index (χ4n) is 6.51. The molecule has 15 heteroatoms. The number of nitrogen functional groups attached to an aromatic ring is 1. The smallest absolute Gasteiger partial charge is 0.417 e. The van der Waals surface area contributed by atoms with Gasteiger partial charge in [-0.05, 0) is 38.3 Å². The third-order valence-corrected chi connectivity index (χ3v) is 8.47. The van der Waals surface area contributed by atoms with Crippen molar-refractivity contribution < 1.29 is 40.6 Å². The summed E-state index contributed by atoms with van der Waals surface area (Å²) in [5.74, 6) is -2.48. The zero-order chi connectivity index (χ0) is 29.7. The van der Waals surface area contributed by atoms with E-state index < -0.39 is 69.8 Å². The molecular weight excluding hydrogens is 570 g/mol. The molecule has 0 aliphatic carbocycles. The van der Waals surface area contributed by atoms with Crippen LogP contribution in [0, 0.1) is 18.6 Å². The minimum atomic E-state index is -5.07. The van der Waals surface area contributed by atoms with E-state index in [1.54, 1.807) is 6.92 Å². The molecule has 0 spiro atoms. The third kappa shape index (κ3) is 4.11. The zero-order valence-electron chi connectivity index (χ0n) is 22.5. The van der Waals surface area contributed by atoms with E-state index in [-0.39, 0.29) is 54.4 Å². The van der Waals surface area contributed by atoms with E-state index in [2.05, 4.69) is 20.3 Å². The average molecular weight is 597 g/mol. The van der Waals surface area contributed by atoms with Gasteiger partial charge in [-0.15, -0.1) is 0 Å². The Kier molecular flexibility index (Phi) is 5.97. The molecule has 0 radical (unpaired) electrons. The summed E-state index contributed by atoms with van der Waals surface area (Å²) in [6.07, 6.45) is -3.89. The number of fused-ring (bicyclic) bond motifs is 5. The number of piperazine rings is 1. The van der Waals surface area contributed by atoms with Gasteiger partial charge in [0.05, 0.1) is 30.5 Å². The number of hydrogen-bond donors (Lipinski definition) is 2. The van der Waals surface area contributed by atoms with Gasteiger partial charge < -0.3 is 30.2 Å². The number of ether oxygens (including phenoxy) is 3. The standard InChI is InChI=1S/C27H26F6N6O3/c1-10-17(27(31,32)33)13(5-14(34)18(10)28)20-19(29)21-16-23(38-25(37-21)41-9-26(30)7-40-8-26)39-6-12-3-4-15(35-12)22(39)11(2)42-24(16)36-20/h5,11-12,15,22,35H,3-4,6-9,34H2,1-2H3/t11-,12+,15-,22+/m0/s1. The molecule has 7 rings (SSSR count). The van der Waals surface area contributed by atoms with Crippen molar-refractivity contribution in [2.75, 3.05) is 37.0 Å². The van der Waals surface area contributed by atoms with Crippen molar-refractivity contribution in [1.29, 1.82) is 0 Å². The lowest BCUT2D eigenvalue weighted by Crippen LogP contribution is -2.62. The van der Waals surface area contributed by atoms with Crippen LogP contribution in [0.5, 0.6) is 11.9 Å². The van der Waals surface area contributed by atoms with E-state index in [1.807, 2.05) is 4.90 Å². The van der Waals surface area contributed by atoms with Gasteiger partial charge in [0.2, 0.25) is 5.88 Å². The second-order valence-electron chi connectivity index (χ2n) is 11.4. The van der Waals surface area contributed by atoms with Crippen LogP contribution in [0.2, 0.25) is 0 Å². The first kappa shape index (κ1) is 27.3. The second-order valence-corrected chi connectivity index (χ2v) is 11.4. The molecule has 3 fully saturated rings. The Hall–Kier alpha value is -3.59. The molecule has 224 valence electrons. The summed E-state index contributed by atoms with van der Waals surface area (Å²) < 4.78 is 105. The highest BCUT2D eigenvalue weighted by Crippen LogP contribution is 2.47. The summed E-state index contributed by atoms with van der Waals surface area (Å²) in [6.45, 7) is 2.32. The van der Waals surface area contributed by atoms with Crippen LogP contribution in [0.15, 0.2) is 6.07 Å². The first-order valence-corrected chi connectivity index (χ1v) is 13.5. The molecule has 4 aliphatic rings. The number of aromatic nitrogens is 3. The summed E-state index contributed by atoms with van der Waals surface area (Å²) in [5, 5.41) is 3.59. The maximum atomic E-state index is 16.5. The molecule has 0 saturated carbocycles. The molecular formula is C27H26F6N6O3. The number of nitrogens with one attached hydrogen (secondary N) is 1. The van der Waals surface area contributed by atoms with E-state index in [0.717, 1.165) is 19.8 Å². The molecule has 4 aliphatic heterocycles. The normalized spacial score (nSPS) is 26.0. The van der Waals surface area contributed by atoms with Crippen LogP contribution in [0.1, 0.15) is 30.9 Å². The van der Waals surface area contributed by atoms with E-state index in [9.17, 15) is 22.0 Å². The van der Waals surface area contributed by atoms with Gasteiger partial charge >= 0.3 is 12.2 Å². The number of hydrogen-bond acceptors (Lipinski definition) is 9. The van der Waals surface area contributed by atoms with Crippen LogP contribution in [-0.2, 0) is 10.9 Å². The Balaban J connectivity index is 1.48. The van der Waals surface area contributed by atoms with Gasteiger partial charge in [0, 0.05) is 24.2 Å². The molecule has 42 heavy (non-hydrogen) atoms. The van der Waals surface area contributed by atoms with Crippen molar-refractivity contribution in [1.82, 2.24) is 20.3 Å². The molecule has 0 unspecified atom stereocenters. The van der Waals surface area contributed by atoms with Crippen molar-refractivity contribution in [2.45, 2.75) is 62.8 Å². The molecule has 4 atom stereocenters. The lowest BCUT2D eigenvalue weighted by Gasteiger charge is -2.42. The lowest BCUT2D eigenvalue weighted by atomic mass is 9.96. The van der Waals surface area contributed by atoms with Crippen molar-refractivity contribution in [3.63, 3.8) is 0 Å². The summed E-state index contributed by atoms with van der Waals surface area (Å²) >= 11 is 0. The highest BCUT2D eigenvalue weighted by atomic mass is 19.4. The van der Waals surface area contributed by atoms with Gasteiger partial charge in [-0.25, -0.2) is 18.2 Å². The van der Waals surface area contributed by atoms with Gasteiger partial charge in [-0.1, -0.05) is 0 Å². The first-order valence-electron chi connectivity index (χ1n) is 13.5. The van der Waals surface area contributed by atoms with Crippen LogP contribution < -0.4 is 25.4 Å². The molecule has 3 saturated heterocycles. The average Bonchev–Trinajstić information content (AvgIpc) is 3.24. The van der Waals surface area contributed by atoms with Crippen LogP contribution in [-0.4, -0.2) is 71.2 Å². The van der Waals surface area contributed by atoms with Crippen molar-refractivity contribution in [2.24, 2.45) is 0 Å². The van der Waals surface area contributed by atoms with Crippen LogP contribution in [0.4, 0.5) is 37.8 Å². The quantitative estimate of drug-likeness (QED) is 0.340. The van der Waals surface area contributed by atoms with Crippen molar-refractivity contribution >= 4 is 22.4 Å². The zero-order valence-corrected chi connectivity index (χ0v) is 22.5. The number of pyridine rings is 1. The topological polar surface area (TPSA) is 108 Å². The maximum absolute atomic E-state index is 16.5. The van der Waals surface area contributed by atoms with E-state index in [0.29, 0.717) is 12.6 Å². The minimum absolute atomic E-state index is 0.00984. The molecule has 1 aromatic carbocycles.